The first-order valence-corrected chi connectivity index (χ1v) is 10.5. The summed E-state index contributed by atoms with van der Waals surface area (Å²) in [4.78, 5) is 4.61. The summed E-state index contributed by atoms with van der Waals surface area (Å²) in [7, 11) is 0. The van der Waals surface area contributed by atoms with Crippen molar-refractivity contribution in [1.29, 1.82) is 0 Å². The van der Waals surface area contributed by atoms with Gasteiger partial charge in [-0.1, -0.05) is 25.5 Å². The van der Waals surface area contributed by atoms with Crippen molar-refractivity contribution in [3.8, 4) is 5.69 Å². The Morgan fingerprint density at radius 2 is 1.93 bits per heavy atom. The molecule has 0 aliphatic carbocycles. The van der Waals surface area contributed by atoms with E-state index in [-0.39, 0.29) is 30.0 Å². The first-order valence-electron chi connectivity index (χ1n) is 10.5. The highest BCUT2D eigenvalue weighted by Crippen LogP contribution is 2.16. The molecule has 2 aromatic rings. The molecule has 1 atom stereocenters. The number of rotatable bonds is 13. The van der Waals surface area contributed by atoms with Gasteiger partial charge >= 0.3 is 0 Å². The minimum atomic E-state index is 0. The second kappa shape index (κ2) is 16.1. The molecule has 0 fully saturated rings. The van der Waals surface area contributed by atoms with Crippen LogP contribution in [0.1, 0.15) is 45.2 Å². The first-order chi connectivity index (χ1) is 14.2. The van der Waals surface area contributed by atoms with Crippen molar-refractivity contribution in [2.24, 2.45) is 4.99 Å². The molecule has 0 spiro atoms. The van der Waals surface area contributed by atoms with Gasteiger partial charge in [-0.05, 0) is 44.0 Å². The van der Waals surface area contributed by atoms with Crippen LogP contribution in [0.3, 0.4) is 0 Å². The lowest BCUT2D eigenvalue weighted by Crippen LogP contribution is -2.39. The number of hydrogen-bond donors (Lipinski definition) is 2. The number of ether oxygens (including phenoxy) is 2. The second-order valence-electron chi connectivity index (χ2n) is 6.75. The number of hydrogen-bond acceptors (Lipinski definition) is 4. The third-order valence-corrected chi connectivity index (χ3v) is 4.36. The SMILES string of the molecule is CCCCOCCOCCN=C(NCC)NC(C)c1cccc(-n2cccn2)c1.I. The smallest absolute Gasteiger partial charge is 0.191 e. The summed E-state index contributed by atoms with van der Waals surface area (Å²) in [6, 6.07) is 10.4. The van der Waals surface area contributed by atoms with Crippen molar-refractivity contribution in [3.63, 3.8) is 0 Å². The van der Waals surface area contributed by atoms with Gasteiger partial charge in [0.15, 0.2) is 5.96 Å². The number of nitrogens with zero attached hydrogens (tertiary/aromatic N) is 3. The van der Waals surface area contributed by atoms with Gasteiger partial charge in [-0.25, -0.2) is 4.68 Å². The zero-order chi connectivity index (χ0) is 20.7. The summed E-state index contributed by atoms with van der Waals surface area (Å²) in [5.41, 5.74) is 2.21. The van der Waals surface area contributed by atoms with E-state index in [4.69, 9.17) is 9.47 Å². The Balaban J connectivity index is 0.00000450. The van der Waals surface area contributed by atoms with Gasteiger partial charge in [0.05, 0.1) is 38.1 Å². The van der Waals surface area contributed by atoms with E-state index in [0.717, 1.165) is 37.6 Å². The normalized spacial score (nSPS) is 12.3. The predicted molar refractivity (Wildman–Crippen MR) is 133 cm³/mol. The molecule has 1 aromatic heterocycles. The van der Waals surface area contributed by atoms with Crippen LogP contribution in [0.4, 0.5) is 0 Å². The molecule has 0 bridgehead atoms. The molecular weight excluding hydrogens is 493 g/mol. The largest absolute Gasteiger partial charge is 0.379 e. The number of benzene rings is 1. The van der Waals surface area contributed by atoms with Gasteiger partial charge in [-0.15, -0.1) is 24.0 Å². The number of halogens is 1. The lowest BCUT2D eigenvalue weighted by atomic mass is 10.1. The van der Waals surface area contributed by atoms with Gasteiger partial charge in [-0.3, -0.25) is 4.99 Å². The van der Waals surface area contributed by atoms with Crippen molar-refractivity contribution >= 4 is 29.9 Å². The van der Waals surface area contributed by atoms with Gasteiger partial charge in [-0.2, -0.15) is 5.10 Å². The fourth-order valence-electron chi connectivity index (χ4n) is 2.76. The summed E-state index contributed by atoms with van der Waals surface area (Å²) in [5, 5.41) is 11.1. The molecule has 0 radical (unpaired) electrons. The molecule has 1 heterocycles. The number of nitrogens with one attached hydrogen (secondary N) is 2. The average Bonchev–Trinajstić information content (AvgIpc) is 3.27. The van der Waals surface area contributed by atoms with Crippen LogP contribution in [-0.4, -0.2) is 55.3 Å². The maximum absolute atomic E-state index is 5.59. The van der Waals surface area contributed by atoms with E-state index >= 15 is 0 Å². The van der Waals surface area contributed by atoms with E-state index < -0.39 is 0 Å². The monoisotopic (exact) mass is 529 g/mol. The molecule has 0 amide bonds. The van der Waals surface area contributed by atoms with Crippen molar-refractivity contribution in [3.05, 3.63) is 48.3 Å². The highest BCUT2D eigenvalue weighted by Gasteiger charge is 2.09. The number of aliphatic imine (C=N–C) groups is 1. The third-order valence-electron chi connectivity index (χ3n) is 4.36. The number of guanidine groups is 1. The molecule has 0 aliphatic heterocycles. The van der Waals surface area contributed by atoms with E-state index in [1.807, 2.05) is 29.1 Å². The molecule has 0 aliphatic rings. The van der Waals surface area contributed by atoms with Gasteiger partial charge in [0, 0.05) is 25.5 Å². The number of unbranched alkanes of at least 4 members (excludes halogenated alkanes) is 1. The van der Waals surface area contributed by atoms with E-state index in [0.29, 0.717) is 26.4 Å². The second-order valence-corrected chi connectivity index (χ2v) is 6.75. The Morgan fingerprint density at radius 3 is 2.63 bits per heavy atom. The lowest BCUT2D eigenvalue weighted by molar-refractivity contribution is 0.0497. The summed E-state index contributed by atoms with van der Waals surface area (Å²) in [6.07, 6.45) is 5.98. The molecular formula is C22H36IN5O2. The summed E-state index contributed by atoms with van der Waals surface area (Å²) >= 11 is 0. The summed E-state index contributed by atoms with van der Waals surface area (Å²) < 4.78 is 12.9. The minimum Gasteiger partial charge on any atom is -0.379 e. The van der Waals surface area contributed by atoms with E-state index in [9.17, 15) is 0 Å². The molecule has 30 heavy (non-hydrogen) atoms. The zero-order valence-corrected chi connectivity index (χ0v) is 20.7. The van der Waals surface area contributed by atoms with Gasteiger partial charge < -0.3 is 20.1 Å². The van der Waals surface area contributed by atoms with Gasteiger partial charge in [0.1, 0.15) is 0 Å². The van der Waals surface area contributed by atoms with Gasteiger partial charge in [0.25, 0.3) is 0 Å². The first kappa shape index (κ1) is 26.4. The van der Waals surface area contributed by atoms with Crippen molar-refractivity contribution in [1.82, 2.24) is 20.4 Å². The van der Waals surface area contributed by atoms with Crippen LogP contribution in [0.5, 0.6) is 0 Å². The summed E-state index contributed by atoms with van der Waals surface area (Å²) in [6.45, 7) is 10.4. The van der Waals surface area contributed by atoms with Crippen molar-refractivity contribution < 1.29 is 9.47 Å². The molecule has 0 saturated carbocycles. The molecule has 2 rings (SSSR count). The van der Waals surface area contributed by atoms with Crippen LogP contribution in [0.15, 0.2) is 47.7 Å². The maximum atomic E-state index is 5.59. The average molecular weight is 529 g/mol. The van der Waals surface area contributed by atoms with Crippen LogP contribution in [0.2, 0.25) is 0 Å². The fraction of sp³-hybridized carbons (Fsp3) is 0.545. The van der Waals surface area contributed by atoms with E-state index in [1.54, 1.807) is 6.20 Å². The molecule has 1 aromatic carbocycles. The maximum Gasteiger partial charge on any atom is 0.191 e. The van der Waals surface area contributed by atoms with E-state index in [2.05, 4.69) is 53.6 Å². The molecule has 7 nitrogen and oxygen atoms in total. The Hall–Kier alpha value is -1.65. The minimum absolute atomic E-state index is 0. The van der Waals surface area contributed by atoms with Gasteiger partial charge in [0.2, 0.25) is 0 Å². The highest BCUT2D eigenvalue weighted by atomic mass is 127. The van der Waals surface area contributed by atoms with E-state index in [1.165, 1.54) is 5.56 Å². The molecule has 0 saturated heterocycles. The standard InChI is InChI=1S/C22H35N5O2.HI/c1-4-6-14-28-16-17-29-15-12-24-22(23-5-2)26-19(3)20-9-7-10-21(18-20)27-13-8-11-25-27;/h7-11,13,18-19H,4-6,12,14-17H2,1-3H3,(H2,23,24,26);1H. The quantitative estimate of drug-likeness (QED) is 0.178. The third kappa shape index (κ3) is 9.90. The van der Waals surface area contributed by atoms with Crippen LogP contribution >= 0.6 is 24.0 Å². The number of aromatic nitrogens is 2. The Kier molecular flexibility index (Phi) is 14.2. The predicted octanol–water partition coefficient (Wildman–Crippen LogP) is 3.94. The Labute approximate surface area is 197 Å². The summed E-state index contributed by atoms with van der Waals surface area (Å²) in [5.74, 6) is 0.785. The zero-order valence-electron chi connectivity index (χ0n) is 18.3. The van der Waals surface area contributed by atoms with Crippen LogP contribution in [-0.2, 0) is 9.47 Å². The van der Waals surface area contributed by atoms with Crippen LogP contribution in [0, 0.1) is 0 Å². The Morgan fingerprint density at radius 1 is 1.13 bits per heavy atom. The van der Waals surface area contributed by atoms with Crippen LogP contribution in [0.25, 0.3) is 5.69 Å². The highest BCUT2D eigenvalue weighted by molar-refractivity contribution is 14.0. The Bertz CT molecular complexity index is 709. The van der Waals surface area contributed by atoms with Crippen molar-refractivity contribution in [2.45, 2.75) is 39.7 Å². The molecule has 1 unspecified atom stereocenters. The lowest BCUT2D eigenvalue weighted by Gasteiger charge is -2.19. The van der Waals surface area contributed by atoms with Crippen LogP contribution < -0.4 is 10.6 Å². The topological polar surface area (TPSA) is 72.7 Å². The fourth-order valence-corrected chi connectivity index (χ4v) is 2.76. The molecule has 2 N–H and O–H groups in total. The molecule has 8 heteroatoms. The van der Waals surface area contributed by atoms with Crippen molar-refractivity contribution in [2.75, 3.05) is 39.5 Å². The molecule has 168 valence electrons.